The van der Waals surface area contributed by atoms with Gasteiger partial charge in [-0.2, -0.15) is 5.26 Å². The minimum absolute atomic E-state index is 0.710. The molecule has 1 nitrogen and oxygen atoms in total. The number of nitriles is 1. The minimum atomic E-state index is 0.710. The highest BCUT2D eigenvalue weighted by molar-refractivity contribution is 7.17. The van der Waals surface area contributed by atoms with Gasteiger partial charge in [-0.3, -0.25) is 0 Å². The predicted octanol–water partition coefficient (Wildman–Crippen LogP) is 2.33. The Hall–Kier alpha value is -0.0800. The summed E-state index contributed by atoms with van der Waals surface area (Å²) in [5.74, 6) is 0.710. The van der Waals surface area contributed by atoms with Gasteiger partial charge in [0, 0.05) is 6.42 Å². The highest BCUT2D eigenvalue weighted by atomic mass is 31.0. The van der Waals surface area contributed by atoms with E-state index in [1.807, 2.05) is 0 Å². The molecule has 1 atom stereocenters. The topological polar surface area (TPSA) is 23.8 Å². The lowest BCUT2D eigenvalue weighted by molar-refractivity contribution is 0.371. The lowest BCUT2D eigenvalue weighted by Crippen LogP contribution is -2.13. The second-order valence-corrected chi connectivity index (χ2v) is 4.09. The summed E-state index contributed by atoms with van der Waals surface area (Å²) in [6.07, 6.45) is 5.91. The van der Waals surface area contributed by atoms with Crippen LogP contribution < -0.4 is 0 Å². The van der Waals surface area contributed by atoms with Crippen molar-refractivity contribution in [3.63, 3.8) is 0 Å². The van der Waals surface area contributed by atoms with Crippen LogP contribution in [-0.2, 0) is 0 Å². The molecule has 0 aromatic heterocycles. The quantitative estimate of drug-likeness (QED) is 0.533. The highest BCUT2D eigenvalue weighted by Crippen LogP contribution is 2.30. The molecule has 1 rings (SSSR count). The molecule has 10 heavy (non-hydrogen) atoms. The zero-order chi connectivity index (χ0) is 7.40. The van der Waals surface area contributed by atoms with E-state index >= 15 is 0 Å². The van der Waals surface area contributed by atoms with E-state index in [-0.39, 0.29) is 0 Å². The Morgan fingerprint density at radius 1 is 1.30 bits per heavy atom. The summed E-state index contributed by atoms with van der Waals surface area (Å²) in [5.41, 5.74) is 0.829. The lowest BCUT2D eigenvalue weighted by atomic mass is 9.87. The SMILES string of the molecule is N#CCC1CCC(P)CC1. The minimum Gasteiger partial charge on any atom is -0.198 e. The van der Waals surface area contributed by atoms with Crippen molar-refractivity contribution < 1.29 is 0 Å². The molecule has 0 saturated heterocycles. The fraction of sp³-hybridized carbons (Fsp3) is 0.875. The maximum absolute atomic E-state index is 8.43. The molecule has 1 fully saturated rings. The van der Waals surface area contributed by atoms with Gasteiger partial charge in [0.25, 0.3) is 0 Å². The van der Waals surface area contributed by atoms with Crippen LogP contribution in [-0.4, -0.2) is 5.66 Å². The van der Waals surface area contributed by atoms with Gasteiger partial charge in [-0.25, -0.2) is 0 Å². The van der Waals surface area contributed by atoms with Crippen molar-refractivity contribution in [1.29, 1.82) is 5.26 Å². The van der Waals surface area contributed by atoms with Crippen LogP contribution in [0.2, 0.25) is 0 Å². The molecule has 0 aliphatic heterocycles. The second kappa shape index (κ2) is 3.94. The van der Waals surface area contributed by atoms with Gasteiger partial charge in [-0.05, 0) is 37.3 Å². The van der Waals surface area contributed by atoms with E-state index in [4.69, 9.17) is 5.26 Å². The summed E-state index contributed by atoms with van der Waals surface area (Å²) >= 11 is 0. The monoisotopic (exact) mass is 155 g/mol. The van der Waals surface area contributed by atoms with E-state index in [1.54, 1.807) is 0 Å². The van der Waals surface area contributed by atoms with Gasteiger partial charge >= 0.3 is 0 Å². The van der Waals surface area contributed by atoms with Crippen LogP contribution in [0.3, 0.4) is 0 Å². The van der Waals surface area contributed by atoms with Crippen molar-refractivity contribution in [3.8, 4) is 6.07 Å². The Morgan fingerprint density at radius 2 is 1.90 bits per heavy atom. The molecule has 0 amide bonds. The van der Waals surface area contributed by atoms with E-state index < -0.39 is 0 Å². The molecule has 1 unspecified atom stereocenters. The van der Waals surface area contributed by atoms with Crippen LogP contribution in [0.25, 0.3) is 0 Å². The lowest BCUT2D eigenvalue weighted by Gasteiger charge is -2.23. The molecule has 1 aliphatic carbocycles. The van der Waals surface area contributed by atoms with E-state index in [0.717, 1.165) is 12.1 Å². The molecule has 1 aliphatic rings. The second-order valence-electron chi connectivity index (χ2n) is 3.14. The summed E-state index contributed by atoms with van der Waals surface area (Å²) in [4.78, 5) is 0. The van der Waals surface area contributed by atoms with Crippen molar-refractivity contribution in [2.45, 2.75) is 37.8 Å². The van der Waals surface area contributed by atoms with Crippen molar-refractivity contribution in [1.82, 2.24) is 0 Å². The van der Waals surface area contributed by atoms with Gasteiger partial charge in [0.1, 0.15) is 0 Å². The first-order valence-electron chi connectivity index (χ1n) is 3.95. The molecule has 0 radical (unpaired) electrons. The highest BCUT2D eigenvalue weighted by Gasteiger charge is 2.17. The molecular weight excluding hydrogens is 141 g/mol. The Labute approximate surface area is 65.0 Å². The van der Waals surface area contributed by atoms with Gasteiger partial charge in [-0.1, -0.05) is 0 Å². The fourth-order valence-electron chi connectivity index (χ4n) is 1.52. The smallest absolute Gasteiger partial charge is 0.0624 e. The van der Waals surface area contributed by atoms with E-state index in [2.05, 4.69) is 15.3 Å². The third-order valence-corrected chi connectivity index (χ3v) is 2.94. The average Bonchev–Trinajstić information content (AvgIpc) is 1.95. The summed E-state index contributed by atoms with van der Waals surface area (Å²) in [6.45, 7) is 0. The van der Waals surface area contributed by atoms with E-state index in [9.17, 15) is 0 Å². The normalized spacial score (nSPS) is 33.2. The molecule has 0 spiro atoms. The molecule has 0 bridgehead atoms. The van der Waals surface area contributed by atoms with Crippen LogP contribution >= 0.6 is 9.24 Å². The van der Waals surface area contributed by atoms with Crippen molar-refractivity contribution in [2.75, 3.05) is 0 Å². The predicted molar refractivity (Wildman–Crippen MR) is 45.7 cm³/mol. The van der Waals surface area contributed by atoms with Crippen molar-refractivity contribution >= 4 is 9.24 Å². The van der Waals surface area contributed by atoms with Gasteiger partial charge < -0.3 is 0 Å². The van der Waals surface area contributed by atoms with Crippen LogP contribution in [0.1, 0.15) is 32.1 Å². The Kier molecular flexibility index (Phi) is 3.16. The third-order valence-electron chi connectivity index (χ3n) is 2.27. The Bertz CT molecular complexity index is 131. The van der Waals surface area contributed by atoms with Gasteiger partial charge in [0.2, 0.25) is 0 Å². The maximum atomic E-state index is 8.43. The van der Waals surface area contributed by atoms with Crippen LogP contribution in [0.15, 0.2) is 0 Å². The van der Waals surface area contributed by atoms with Crippen LogP contribution in [0.5, 0.6) is 0 Å². The van der Waals surface area contributed by atoms with Gasteiger partial charge in [0.05, 0.1) is 6.07 Å². The summed E-state index contributed by atoms with van der Waals surface area (Å²) < 4.78 is 0. The first-order chi connectivity index (χ1) is 4.83. The molecule has 1 saturated carbocycles. The largest absolute Gasteiger partial charge is 0.198 e. The number of rotatable bonds is 1. The summed E-state index contributed by atoms with van der Waals surface area (Å²) in [6, 6.07) is 2.25. The van der Waals surface area contributed by atoms with E-state index in [1.165, 1.54) is 25.7 Å². The van der Waals surface area contributed by atoms with Gasteiger partial charge in [-0.15, -0.1) is 9.24 Å². The Morgan fingerprint density at radius 3 is 2.40 bits per heavy atom. The molecular formula is C8H14NP. The summed E-state index contributed by atoms with van der Waals surface area (Å²) in [7, 11) is 2.88. The Balaban J connectivity index is 2.21. The average molecular weight is 155 g/mol. The number of nitrogens with zero attached hydrogens (tertiary/aromatic N) is 1. The van der Waals surface area contributed by atoms with Crippen LogP contribution in [0.4, 0.5) is 0 Å². The molecule has 56 valence electrons. The third kappa shape index (κ3) is 2.27. The standard InChI is InChI=1S/C8H14NP/c9-6-5-7-1-3-8(10)4-2-7/h7-8H,1-5,10H2. The molecule has 2 heteroatoms. The van der Waals surface area contributed by atoms with Crippen LogP contribution in [0, 0.1) is 17.2 Å². The first-order valence-corrected chi connectivity index (χ1v) is 4.62. The van der Waals surface area contributed by atoms with E-state index in [0.29, 0.717) is 5.92 Å². The van der Waals surface area contributed by atoms with Gasteiger partial charge in [0.15, 0.2) is 0 Å². The van der Waals surface area contributed by atoms with Crippen molar-refractivity contribution in [3.05, 3.63) is 0 Å². The zero-order valence-electron chi connectivity index (χ0n) is 6.21. The first kappa shape index (κ1) is 8.02. The number of hydrogen-bond donors (Lipinski definition) is 0. The molecule has 0 aromatic rings. The molecule has 0 heterocycles. The maximum Gasteiger partial charge on any atom is 0.0624 e. The zero-order valence-corrected chi connectivity index (χ0v) is 7.37. The number of hydrogen-bond acceptors (Lipinski definition) is 1. The van der Waals surface area contributed by atoms with Crippen molar-refractivity contribution in [2.24, 2.45) is 5.92 Å². The summed E-state index contributed by atoms with van der Waals surface area (Å²) in [5, 5.41) is 8.43. The molecule has 0 N–H and O–H groups in total. The molecule has 0 aromatic carbocycles. The fourth-order valence-corrected chi connectivity index (χ4v) is 1.91.